The Morgan fingerprint density at radius 3 is 2.16 bits per heavy atom. The van der Waals surface area contributed by atoms with Crippen molar-refractivity contribution in [1.29, 1.82) is 0 Å². The quantitative estimate of drug-likeness (QED) is 0.770. The fraction of sp³-hybridized carbons (Fsp3) is 0.625. The van der Waals surface area contributed by atoms with Crippen LogP contribution < -0.4 is 5.32 Å². The van der Waals surface area contributed by atoms with Gasteiger partial charge in [0, 0.05) is 11.1 Å². The van der Waals surface area contributed by atoms with Crippen LogP contribution in [-0.4, -0.2) is 6.54 Å². The van der Waals surface area contributed by atoms with Crippen LogP contribution in [0.1, 0.15) is 46.2 Å². The van der Waals surface area contributed by atoms with Crippen molar-refractivity contribution in [3.63, 3.8) is 0 Å². The van der Waals surface area contributed by atoms with Gasteiger partial charge in [0.25, 0.3) is 0 Å². The van der Waals surface area contributed by atoms with E-state index >= 15 is 0 Å². The molecule has 0 heterocycles. The molecule has 1 aromatic rings. The molecule has 1 nitrogen and oxygen atoms in total. The number of nitrogens with one attached hydrogen (secondary N) is 1. The van der Waals surface area contributed by atoms with Crippen molar-refractivity contribution in [3.8, 4) is 0 Å². The second-order valence-corrected chi connectivity index (χ2v) is 6.35. The molecule has 0 aromatic heterocycles. The van der Waals surface area contributed by atoms with E-state index in [0.717, 1.165) is 12.1 Å². The number of benzene rings is 1. The summed E-state index contributed by atoms with van der Waals surface area (Å²) in [5, 5.41) is 4.01. The molecule has 0 amide bonds. The number of hydrogen-bond acceptors (Lipinski definition) is 1. The molecule has 19 heavy (non-hydrogen) atoms. The molecule has 0 saturated carbocycles. The minimum atomic E-state index is -0.289. The van der Waals surface area contributed by atoms with Gasteiger partial charge in [-0.2, -0.15) is 0 Å². The maximum absolute atomic E-state index is 13.0. The highest BCUT2D eigenvalue weighted by Crippen LogP contribution is 2.25. The summed E-state index contributed by atoms with van der Waals surface area (Å²) in [6, 6.07) is 4.72. The van der Waals surface area contributed by atoms with Gasteiger partial charge in [0.1, 0.15) is 5.82 Å². The first-order valence-electron chi connectivity index (χ1n) is 7.01. The summed E-state index contributed by atoms with van der Waals surface area (Å²) in [5.74, 6) is 1.62. The van der Waals surface area contributed by atoms with Crippen LogP contribution in [0.25, 0.3) is 0 Å². The van der Waals surface area contributed by atoms with E-state index in [1.807, 2.05) is 0 Å². The zero-order valence-electron chi connectivity index (χ0n) is 12.5. The number of halogens is 2. The van der Waals surface area contributed by atoms with Gasteiger partial charge in [-0.3, -0.25) is 0 Å². The summed E-state index contributed by atoms with van der Waals surface area (Å²) in [6.45, 7) is 12.0. The molecule has 1 N–H and O–H groups in total. The molecule has 0 spiro atoms. The van der Waals surface area contributed by atoms with Crippen LogP contribution in [0, 0.1) is 23.6 Å². The SMILES string of the molecule is CC(NCC(C(C)C)C(C)C)c1ccc(F)cc1Cl. The second kappa shape index (κ2) is 7.25. The Bertz CT molecular complexity index is 396. The van der Waals surface area contributed by atoms with Crippen LogP contribution in [-0.2, 0) is 0 Å². The Kier molecular flexibility index (Phi) is 6.28. The van der Waals surface area contributed by atoms with Gasteiger partial charge in [-0.15, -0.1) is 0 Å². The van der Waals surface area contributed by atoms with E-state index in [-0.39, 0.29) is 11.9 Å². The largest absolute Gasteiger partial charge is 0.310 e. The molecule has 0 aliphatic rings. The Hall–Kier alpha value is -0.600. The van der Waals surface area contributed by atoms with Crippen LogP contribution >= 0.6 is 11.6 Å². The van der Waals surface area contributed by atoms with E-state index in [2.05, 4.69) is 39.9 Å². The van der Waals surface area contributed by atoms with Gasteiger partial charge in [0.15, 0.2) is 0 Å². The second-order valence-electron chi connectivity index (χ2n) is 5.95. The molecular formula is C16H25ClFN. The summed E-state index contributed by atoms with van der Waals surface area (Å²) in [7, 11) is 0. The predicted octanol–water partition coefficient (Wildman–Crippen LogP) is 5.06. The lowest BCUT2D eigenvalue weighted by atomic mass is 9.85. The Labute approximate surface area is 121 Å². The van der Waals surface area contributed by atoms with Gasteiger partial charge in [0.05, 0.1) is 0 Å². The molecule has 108 valence electrons. The first-order valence-corrected chi connectivity index (χ1v) is 7.39. The highest BCUT2D eigenvalue weighted by atomic mass is 35.5. The van der Waals surface area contributed by atoms with Crippen molar-refractivity contribution in [2.75, 3.05) is 6.54 Å². The highest BCUT2D eigenvalue weighted by Gasteiger charge is 2.19. The molecule has 0 bridgehead atoms. The van der Waals surface area contributed by atoms with Crippen molar-refractivity contribution >= 4 is 11.6 Å². The molecule has 1 aromatic carbocycles. The van der Waals surface area contributed by atoms with Gasteiger partial charge in [-0.1, -0.05) is 45.4 Å². The third-order valence-electron chi connectivity index (χ3n) is 3.80. The van der Waals surface area contributed by atoms with Gasteiger partial charge in [0.2, 0.25) is 0 Å². The lowest BCUT2D eigenvalue weighted by Gasteiger charge is -2.27. The maximum Gasteiger partial charge on any atom is 0.124 e. The third-order valence-corrected chi connectivity index (χ3v) is 4.13. The van der Waals surface area contributed by atoms with E-state index in [9.17, 15) is 4.39 Å². The van der Waals surface area contributed by atoms with Crippen LogP contribution in [0.5, 0.6) is 0 Å². The zero-order chi connectivity index (χ0) is 14.6. The average Bonchev–Trinajstić information content (AvgIpc) is 2.27. The normalized spacial score (nSPS) is 13.6. The van der Waals surface area contributed by atoms with Crippen molar-refractivity contribution in [2.45, 2.75) is 40.7 Å². The van der Waals surface area contributed by atoms with Crippen LogP contribution in [0.2, 0.25) is 5.02 Å². The minimum Gasteiger partial charge on any atom is -0.310 e. The molecule has 0 aliphatic heterocycles. The van der Waals surface area contributed by atoms with E-state index in [0.29, 0.717) is 22.8 Å². The summed E-state index contributed by atoms with van der Waals surface area (Å²) in [5.41, 5.74) is 0.953. The summed E-state index contributed by atoms with van der Waals surface area (Å²) < 4.78 is 13.0. The van der Waals surface area contributed by atoms with E-state index in [1.165, 1.54) is 12.1 Å². The molecule has 3 heteroatoms. The van der Waals surface area contributed by atoms with Gasteiger partial charge < -0.3 is 5.32 Å². The van der Waals surface area contributed by atoms with Gasteiger partial charge >= 0.3 is 0 Å². The molecular weight excluding hydrogens is 261 g/mol. The Morgan fingerprint density at radius 2 is 1.68 bits per heavy atom. The fourth-order valence-corrected chi connectivity index (χ4v) is 2.85. The molecule has 1 atom stereocenters. The van der Waals surface area contributed by atoms with Crippen molar-refractivity contribution < 1.29 is 4.39 Å². The zero-order valence-corrected chi connectivity index (χ0v) is 13.3. The van der Waals surface area contributed by atoms with Crippen LogP contribution in [0.3, 0.4) is 0 Å². The standard InChI is InChI=1S/C16H25ClFN/c1-10(2)15(11(3)4)9-19-12(5)14-7-6-13(18)8-16(14)17/h6-8,10-12,15,19H,9H2,1-5H3. The molecule has 0 radical (unpaired) electrons. The number of rotatable bonds is 6. The summed E-state index contributed by atoms with van der Waals surface area (Å²) in [4.78, 5) is 0. The highest BCUT2D eigenvalue weighted by molar-refractivity contribution is 6.31. The average molecular weight is 286 g/mol. The molecule has 1 rings (SSSR count). The van der Waals surface area contributed by atoms with Crippen LogP contribution in [0.4, 0.5) is 4.39 Å². The topological polar surface area (TPSA) is 12.0 Å². The van der Waals surface area contributed by atoms with Gasteiger partial charge in [-0.05, 0) is 48.9 Å². The van der Waals surface area contributed by atoms with Crippen molar-refractivity contribution in [1.82, 2.24) is 5.32 Å². The van der Waals surface area contributed by atoms with Gasteiger partial charge in [-0.25, -0.2) is 4.39 Å². The molecule has 0 fully saturated rings. The fourth-order valence-electron chi connectivity index (χ4n) is 2.52. The summed E-state index contributed by atoms with van der Waals surface area (Å²) >= 11 is 6.08. The van der Waals surface area contributed by atoms with E-state index in [4.69, 9.17) is 11.6 Å². The summed E-state index contributed by atoms with van der Waals surface area (Å²) in [6.07, 6.45) is 0. The minimum absolute atomic E-state index is 0.132. The Balaban J connectivity index is 2.66. The van der Waals surface area contributed by atoms with E-state index < -0.39 is 0 Å². The first kappa shape index (κ1) is 16.5. The van der Waals surface area contributed by atoms with E-state index in [1.54, 1.807) is 6.07 Å². The smallest absolute Gasteiger partial charge is 0.124 e. The lowest BCUT2D eigenvalue weighted by molar-refractivity contribution is 0.268. The number of hydrogen-bond donors (Lipinski definition) is 1. The molecule has 0 saturated heterocycles. The van der Waals surface area contributed by atoms with Crippen LogP contribution in [0.15, 0.2) is 18.2 Å². The monoisotopic (exact) mass is 285 g/mol. The predicted molar refractivity (Wildman–Crippen MR) is 81.0 cm³/mol. The third kappa shape index (κ3) is 4.77. The Morgan fingerprint density at radius 1 is 1.11 bits per heavy atom. The van der Waals surface area contributed by atoms with Crippen molar-refractivity contribution in [3.05, 3.63) is 34.6 Å². The molecule has 1 unspecified atom stereocenters. The lowest BCUT2D eigenvalue weighted by Crippen LogP contribution is -2.31. The first-order chi connectivity index (χ1) is 8.82. The molecule has 0 aliphatic carbocycles. The van der Waals surface area contributed by atoms with Crippen molar-refractivity contribution in [2.24, 2.45) is 17.8 Å². The maximum atomic E-state index is 13.0.